The fraction of sp³-hybridized carbons (Fsp3) is 0.500. The highest BCUT2D eigenvalue weighted by Gasteiger charge is 2.33. The van der Waals surface area contributed by atoms with Crippen molar-refractivity contribution >= 4 is 23.2 Å². The number of carbonyl (C=O) groups is 1. The highest BCUT2D eigenvalue weighted by molar-refractivity contribution is 6.31. The van der Waals surface area contributed by atoms with Crippen LogP contribution >= 0.6 is 11.6 Å². The number of ether oxygens (including phenoxy) is 1. The van der Waals surface area contributed by atoms with Crippen LogP contribution in [-0.4, -0.2) is 44.1 Å². The molecule has 2 aromatic rings. The lowest BCUT2D eigenvalue weighted by molar-refractivity contribution is -0.137. The van der Waals surface area contributed by atoms with Crippen molar-refractivity contribution in [2.45, 2.75) is 45.3 Å². The zero-order chi connectivity index (χ0) is 25.8. The summed E-state index contributed by atoms with van der Waals surface area (Å²) >= 11 is 6.28. The van der Waals surface area contributed by atoms with Gasteiger partial charge in [0.15, 0.2) is 0 Å². The van der Waals surface area contributed by atoms with Gasteiger partial charge in [-0.3, -0.25) is 4.79 Å². The van der Waals surface area contributed by atoms with Crippen molar-refractivity contribution in [1.29, 1.82) is 0 Å². The highest BCUT2D eigenvalue weighted by atomic mass is 35.5. The number of aryl methyl sites for hydroxylation is 1. The molecule has 2 aromatic carbocycles. The molecule has 35 heavy (non-hydrogen) atoms. The molecule has 1 heterocycles. The van der Waals surface area contributed by atoms with Crippen molar-refractivity contribution in [3.05, 3.63) is 58.1 Å². The predicted octanol–water partition coefficient (Wildman–Crippen LogP) is 5.69. The van der Waals surface area contributed by atoms with E-state index in [1.807, 2.05) is 30.9 Å². The first kappa shape index (κ1) is 27.1. The van der Waals surface area contributed by atoms with Gasteiger partial charge in [-0.25, -0.2) is 0 Å². The molecule has 0 saturated carbocycles. The van der Waals surface area contributed by atoms with Crippen LogP contribution in [0.3, 0.4) is 0 Å². The second-order valence-corrected chi connectivity index (χ2v) is 9.42. The van der Waals surface area contributed by atoms with Crippen molar-refractivity contribution in [1.82, 2.24) is 4.90 Å². The molecule has 1 saturated heterocycles. The van der Waals surface area contributed by atoms with E-state index in [2.05, 4.69) is 0 Å². The Labute approximate surface area is 210 Å². The third kappa shape index (κ3) is 6.61. The van der Waals surface area contributed by atoms with Gasteiger partial charge in [0.25, 0.3) is 0 Å². The van der Waals surface area contributed by atoms with Crippen LogP contribution in [0, 0.1) is 5.92 Å². The minimum absolute atomic E-state index is 0.0282. The summed E-state index contributed by atoms with van der Waals surface area (Å²) in [4.78, 5) is 16.6. The number of hydrogen-bond acceptors (Lipinski definition) is 4. The maximum atomic E-state index is 13.4. The molecule has 1 aliphatic rings. The monoisotopic (exact) mass is 511 g/mol. The predicted molar refractivity (Wildman–Crippen MR) is 133 cm³/mol. The zero-order valence-corrected chi connectivity index (χ0v) is 21.1. The molecule has 2 N–H and O–H groups in total. The van der Waals surface area contributed by atoms with E-state index in [1.165, 1.54) is 12.1 Å². The Kier molecular flexibility index (Phi) is 8.94. The molecule has 1 fully saturated rings. The molecule has 2 atom stereocenters. The van der Waals surface area contributed by atoms with E-state index in [-0.39, 0.29) is 11.8 Å². The van der Waals surface area contributed by atoms with E-state index < -0.39 is 17.8 Å². The maximum Gasteiger partial charge on any atom is 0.416 e. The smallest absolute Gasteiger partial charge is 0.416 e. The van der Waals surface area contributed by atoms with Crippen molar-refractivity contribution < 1.29 is 22.7 Å². The number of nitrogens with zero attached hydrogens (tertiary/aromatic N) is 2. The Bertz CT molecular complexity index is 1020. The minimum Gasteiger partial charge on any atom is -0.497 e. The van der Waals surface area contributed by atoms with Crippen molar-refractivity contribution in [3.63, 3.8) is 0 Å². The number of nitrogens with two attached hydrogens (primary N) is 1. The summed E-state index contributed by atoms with van der Waals surface area (Å²) in [6, 6.07) is 8.71. The second kappa shape index (κ2) is 11.5. The van der Waals surface area contributed by atoms with E-state index >= 15 is 0 Å². The van der Waals surface area contributed by atoms with Crippen LogP contribution in [0.4, 0.5) is 18.9 Å². The van der Waals surface area contributed by atoms with Gasteiger partial charge in [0, 0.05) is 49.4 Å². The van der Waals surface area contributed by atoms with E-state index in [1.54, 1.807) is 18.1 Å². The van der Waals surface area contributed by atoms with Crippen LogP contribution in [0.2, 0.25) is 5.02 Å². The number of benzene rings is 2. The summed E-state index contributed by atoms with van der Waals surface area (Å²) in [7, 11) is 1.57. The minimum atomic E-state index is -4.43. The van der Waals surface area contributed by atoms with Crippen LogP contribution in [0.1, 0.15) is 49.4 Å². The van der Waals surface area contributed by atoms with E-state index in [9.17, 15) is 18.0 Å². The summed E-state index contributed by atoms with van der Waals surface area (Å²) < 4.78 is 45.3. The molecule has 0 aromatic heterocycles. The van der Waals surface area contributed by atoms with Crippen LogP contribution in [-0.2, 0) is 17.4 Å². The lowest BCUT2D eigenvalue weighted by atomic mass is 9.90. The quantitative estimate of drug-likeness (QED) is 0.494. The lowest BCUT2D eigenvalue weighted by Gasteiger charge is -2.38. The van der Waals surface area contributed by atoms with Gasteiger partial charge in [0.05, 0.1) is 12.7 Å². The van der Waals surface area contributed by atoms with E-state index in [4.69, 9.17) is 22.1 Å². The first-order valence-electron chi connectivity index (χ1n) is 11.9. The van der Waals surface area contributed by atoms with E-state index in [0.29, 0.717) is 61.0 Å². The first-order chi connectivity index (χ1) is 16.5. The standard InChI is InChI=1S/C26H33ClF3N3O2/c1-4-17(2)25(31)21-15-19(26(28,29)30)7-9-23(21)32-11-13-33(14-12-32)24(34)10-6-18-5-8-20(35-3)16-22(18)27/h5,7-9,15-17,25H,4,6,10-14,31H2,1-3H3/t17?,25-/m0/s1. The summed E-state index contributed by atoms with van der Waals surface area (Å²) in [5.41, 5.74) is 7.79. The fourth-order valence-corrected chi connectivity index (χ4v) is 4.57. The Hall–Kier alpha value is -2.45. The fourth-order valence-electron chi connectivity index (χ4n) is 4.30. The summed E-state index contributed by atoms with van der Waals surface area (Å²) in [6.45, 7) is 5.96. The molecule has 3 rings (SSSR count). The topological polar surface area (TPSA) is 58.8 Å². The van der Waals surface area contributed by atoms with Gasteiger partial charge in [-0.05, 0) is 53.8 Å². The Morgan fingerprint density at radius 1 is 1.14 bits per heavy atom. The third-order valence-electron chi connectivity index (χ3n) is 6.81. The van der Waals surface area contributed by atoms with Crippen LogP contribution in [0.15, 0.2) is 36.4 Å². The largest absolute Gasteiger partial charge is 0.497 e. The van der Waals surface area contributed by atoms with Crippen molar-refractivity contribution in [2.75, 3.05) is 38.2 Å². The number of methoxy groups -OCH3 is 1. The Morgan fingerprint density at radius 2 is 1.83 bits per heavy atom. The number of carbonyl (C=O) groups excluding carboxylic acids is 1. The Balaban J connectivity index is 1.67. The van der Waals surface area contributed by atoms with Gasteiger partial charge < -0.3 is 20.3 Å². The number of halogens is 4. The molecule has 1 aliphatic heterocycles. The van der Waals surface area contributed by atoms with Crippen LogP contribution < -0.4 is 15.4 Å². The van der Waals surface area contributed by atoms with Gasteiger partial charge in [-0.1, -0.05) is 37.9 Å². The highest BCUT2D eigenvalue weighted by Crippen LogP contribution is 2.37. The zero-order valence-electron chi connectivity index (χ0n) is 20.4. The molecular weight excluding hydrogens is 479 g/mol. The number of piperazine rings is 1. The Morgan fingerprint density at radius 3 is 2.40 bits per heavy atom. The van der Waals surface area contributed by atoms with Crippen molar-refractivity contribution in [3.8, 4) is 5.75 Å². The van der Waals surface area contributed by atoms with Crippen LogP contribution in [0.5, 0.6) is 5.75 Å². The molecule has 5 nitrogen and oxygen atoms in total. The van der Waals surface area contributed by atoms with Gasteiger partial charge >= 0.3 is 6.18 Å². The number of alkyl halides is 3. The van der Waals surface area contributed by atoms with Crippen molar-refractivity contribution in [2.24, 2.45) is 11.7 Å². The van der Waals surface area contributed by atoms with Gasteiger partial charge in [0.2, 0.25) is 5.91 Å². The molecule has 0 radical (unpaired) electrons. The normalized spacial score (nSPS) is 16.2. The molecule has 0 bridgehead atoms. The second-order valence-electron chi connectivity index (χ2n) is 9.01. The number of hydrogen-bond donors (Lipinski definition) is 1. The third-order valence-corrected chi connectivity index (χ3v) is 7.16. The number of amides is 1. The van der Waals surface area contributed by atoms with Gasteiger partial charge in [-0.2, -0.15) is 13.2 Å². The molecule has 0 spiro atoms. The SMILES string of the molecule is CCC(C)[C@H](N)c1cc(C(F)(F)F)ccc1N1CCN(C(=O)CCc2ccc(OC)cc2Cl)CC1. The molecular formula is C26H33ClF3N3O2. The summed E-state index contributed by atoms with van der Waals surface area (Å²) in [5, 5.41) is 0.564. The molecule has 0 aliphatic carbocycles. The maximum absolute atomic E-state index is 13.4. The average molecular weight is 512 g/mol. The number of rotatable bonds is 8. The van der Waals surface area contributed by atoms with Gasteiger partial charge in [0.1, 0.15) is 5.75 Å². The molecule has 1 unspecified atom stereocenters. The van der Waals surface area contributed by atoms with E-state index in [0.717, 1.165) is 18.1 Å². The first-order valence-corrected chi connectivity index (χ1v) is 12.2. The van der Waals surface area contributed by atoms with Crippen LogP contribution in [0.25, 0.3) is 0 Å². The number of anilines is 1. The molecule has 9 heteroatoms. The lowest BCUT2D eigenvalue weighted by Crippen LogP contribution is -2.49. The summed E-state index contributed by atoms with van der Waals surface area (Å²) in [5.74, 6) is 0.724. The molecule has 192 valence electrons. The molecule has 1 amide bonds. The summed E-state index contributed by atoms with van der Waals surface area (Å²) in [6.07, 6.45) is -2.82. The van der Waals surface area contributed by atoms with Gasteiger partial charge in [-0.15, -0.1) is 0 Å². The average Bonchev–Trinajstić information content (AvgIpc) is 2.86.